The van der Waals surface area contributed by atoms with Gasteiger partial charge in [0.25, 0.3) is 0 Å². The van der Waals surface area contributed by atoms with Crippen LogP contribution >= 0.6 is 0 Å². The molecule has 1 unspecified atom stereocenters. The number of hydrogen-bond acceptors (Lipinski definition) is 3. The molecule has 1 heterocycles. The van der Waals surface area contributed by atoms with Gasteiger partial charge in [0.2, 0.25) is 0 Å². The molecule has 0 aromatic heterocycles. The lowest BCUT2D eigenvalue weighted by molar-refractivity contribution is -0.195. The number of ether oxygens (including phenoxy) is 2. The van der Waals surface area contributed by atoms with E-state index in [1.807, 2.05) is 0 Å². The molecule has 1 rings (SSSR count). The molecule has 1 fully saturated rings. The molecule has 0 aliphatic carbocycles. The molecule has 0 aromatic carbocycles. The lowest BCUT2D eigenvalue weighted by Crippen LogP contribution is -2.46. The molecule has 3 nitrogen and oxygen atoms in total. The fourth-order valence-corrected chi connectivity index (χ4v) is 1.21. The van der Waals surface area contributed by atoms with E-state index in [-0.39, 0.29) is 13.2 Å². The maximum Gasteiger partial charge on any atom is 0.401 e. The van der Waals surface area contributed by atoms with Crippen LogP contribution in [0.15, 0.2) is 0 Å². The van der Waals surface area contributed by atoms with Gasteiger partial charge in [0.1, 0.15) is 0 Å². The normalized spacial score (nSPS) is 26.3. The molecular formula is C7H12F3NO2. The maximum absolute atomic E-state index is 11.9. The molecule has 0 bridgehead atoms. The third kappa shape index (κ3) is 3.93. The third-order valence-corrected chi connectivity index (χ3v) is 1.78. The van der Waals surface area contributed by atoms with Crippen LogP contribution in [0.3, 0.4) is 0 Å². The first-order valence-electron chi connectivity index (χ1n) is 3.95. The van der Waals surface area contributed by atoms with Crippen molar-refractivity contribution in [1.82, 2.24) is 4.90 Å². The molecule has 1 saturated heterocycles. The fraction of sp³-hybridized carbons (Fsp3) is 1.00. The molecule has 0 N–H and O–H groups in total. The SMILES string of the molecule is COC1CN(CC(F)(F)F)CCO1. The highest BCUT2D eigenvalue weighted by molar-refractivity contribution is 4.68. The maximum atomic E-state index is 11.9. The predicted octanol–water partition coefficient (Wildman–Crippen LogP) is 0.853. The smallest absolute Gasteiger partial charge is 0.355 e. The van der Waals surface area contributed by atoms with Crippen LogP contribution in [-0.4, -0.2) is 50.7 Å². The second-order valence-corrected chi connectivity index (χ2v) is 2.89. The number of alkyl halides is 3. The van der Waals surface area contributed by atoms with Gasteiger partial charge in [-0.25, -0.2) is 0 Å². The van der Waals surface area contributed by atoms with E-state index < -0.39 is 19.0 Å². The van der Waals surface area contributed by atoms with Gasteiger partial charge < -0.3 is 9.47 Å². The summed E-state index contributed by atoms with van der Waals surface area (Å²) in [7, 11) is 1.42. The van der Waals surface area contributed by atoms with Crippen LogP contribution in [0.4, 0.5) is 13.2 Å². The van der Waals surface area contributed by atoms with E-state index in [0.29, 0.717) is 6.54 Å². The molecule has 78 valence electrons. The number of rotatable bonds is 2. The molecule has 0 radical (unpaired) electrons. The van der Waals surface area contributed by atoms with Crippen LogP contribution in [0.25, 0.3) is 0 Å². The van der Waals surface area contributed by atoms with Crippen molar-refractivity contribution in [2.24, 2.45) is 0 Å². The van der Waals surface area contributed by atoms with Gasteiger partial charge in [-0.05, 0) is 0 Å². The Morgan fingerprint density at radius 2 is 2.23 bits per heavy atom. The van der Waals surface area contributed by atoms with Crippen molar-refractivity contribution in [2.45, 2.75) is 12.5 Å². The number of morpholine rings is 1. The van der Waals surface area contributed by atoms with Crippen molar-refractivity contribution in [3.05, 3.63) is 0 Å². The van der Waals surface area contributed by atoms with Crippen molar-refractivity contribution in [3.8, 4) is 0 Å². The third-order valence-electron chi connectivity index (χ3n) is 1.78. The summed E-state index contributed by atoms with van der Waals surface area (Å²) >= 11 is 0. The highest BCUT2D eigenvalue weighted by Gasteiger charge is 2.33. The van der Waals surface area contributed by atoms with E-state index in [4.69, 9.17) is 9.47 Å². The minimum Gasteiger partial charge on any atom is -0.355 e. The number of halogens is 3. The van der Waals surface area contributed by atoms with Crippen molar-refractivity contribution >= 4 is 0 Å². The number of nitrogens with zero attached hydrogens (tertiary/aromatic N) is 1. The zero-order valence-electron chi connectivity index (χ0n) is 7.30. The highest BCUT2D eigenvalue weighted by atomic mass is 19.4. The lowest BCUT2D eigenvalue weighted by atomic mass is 10.4. The number of methoxy groups -OCH3 is 1. The first kappa shape index (κ1) is 10.7. The summed E-state index contributed by atoms with van der Waals surface area (Å²) in [5, 5.41) is 0. The summed E-state index contributed by atoms with van der Waals surface area (Å²) < 4.78 is 45.7. The van der Waals surface area contributed by atoms with Crippen molar-refractivity contribution in [3.63, 3.8) is 0 Å². The Kier molecular flexibility index (Phi) is 3.52. The standard InChI is InChI=1S/C7H12F3NO2/c1-12-6-4-11(2-3-13-6)5-7(8,9)10/h6H,2-5H2,1H3. The first-order valence-corrected chi connectivity index (χ1v) is 3.95. The van der Waals surface area contributed by atoms with E-state index in [9.17, 15) is 13.2 Å². The molecule has 1 aliphatic heterocycles. The van der Waals surface area contributed by atoms with Crippen LogP contribution in [0, 0.1) is 0 Å². The molecule has 13 heavy (non-hydrogen) atoms. The molecule has 0 amide bonds. The first-order chi connectivity index (χ1) is 6.01. The predicted molar refractivity (Wildman–Crippen MR) is 39.2 cm³/mol. The minimum absolute atomic E-state index is 0.177. The van der Waals surface area contributed by atoms with Crippen molar-refractivity contribution < 1.29 is 22.6 Å². The van der Waals surface area contributed by atoms with Crippen LogP contribution in [0.2, 0.25) is 0 Å². The Hall–Kier alpha value is -0.330. The van der Waals surface area contributed by atoms with Crippen LogP contribution in [0.1, 0.15) is 0 Å². The highest BCUT2D eigenvalue weighted by Crippen LogP contribution is 2.18. The summed E-state index contributed by atoms with van der Waals surface area (Å²) in [4.78, 5) is 1.28. The molecule has 1 atom stereocenters. The van der Waals surface area contributed by atoms with E-state index in [0.717, 1.165) is 0 Å². The van der Waals surface area contributed by atoms with Crippen LogP contribution in [0.5, 0.6) is 0 Å². The molecule has 0 saturated carbocycles. The second kappa shape index (κ2) is 4.26. The average Bonchev–Trinajstić information content (AvgIpc) is 2.01. The van der Waals surface area contributed by atoms with E-state index >= 15 is 0 Å². The average molecular weight is 199 g/mol. The largest absolute Gasteiger partial charge is 0.401 e. The molecular weight excluding hydrogens is 187 g/mol. The Bertz CT molecular complexity index is 162. The minimum atomic E-state index is -4.14. The van der Waals surface area contributed by atoms with Gasteiger partial charge in [0, 0.05) is 20.2 Å². The van der Waals surface area contributed by atoms with Gasteiger partial charge in [0.05, 0.1) is 13.2 Å². The van der Waals surface area contributed by atoms with Crippen LogP contribution < -0.4 is 0 Å². The zero-order valence-corrected chi connectivity index (χ0v) is 7.30. The lowest BCUT2D eigenvalue weighted by Gasteiger charge is -2.32. The number of hydrogen-bond donors (Lipinski definition) is 0. The molecule has 0 aromatic rings. The summed E-state index contributed by atoms with van der Waals surface area (Å²) in [5.74, 6) is 0. The van der Waals surface area contributed by atoms with Crippen LogP contribution in [-0.2, 0) is 9.47 Å². The van der Waals surface area contributed by atoms with E-state index in [1.54, 1.807) is 0 Å². The molecule has 6 heteroatoms. The second-order valence-electron chi connectivity index (χ2n) is 2.89. The summed E-state index contributed by atoms with van der Waals surface area (Å²) in [5.41, 5.74) is 0. The summed E-state index contributed by atoms with van der Waals surface area (Å²) in [6, 6.07) is 0. The summed E-state index contributed by atoms with van der Waals surface area (Å²) in [6.07, 6.45) is -4.67. The Labute approximate surface area is 74.4 Å². The Morgan fingerprint density at radius 3 is 2.77 bits per heavy atom. The Balaban J connectivity index is 2.34. The van der Waals surface area contributed by atoms with Crippen molar-refractivity contribution in [1.29, 1.82) is 0 Å². The topological polar surface area (TPSA) is 21.7 Å². The zero-order chi connectivity index (χ0) is 9.90. The Morgan fingerprint density at radius 1 is 1.54 bits per heavy atom. The van der Waals surface area contributed by atoms with Crippen molar-refractivity contribution in [2.75, 3.05) is 33.4 Å². The summed E-state index contributed by atoms with van der Waals surface area (Å²) in [6.45, 7) is -0.125. The van der Waals surface area contributed by atoms with Gasteiger partial charge in [-0.3, -0.25) is 4.90 Å². The van der Waals surface area contributed by atoms with Gasteiger partial charge in [0.15, 0.2) is 6.29 Å². The fourth-order valence-electron chi connectivity index (χ4n) is 1.21. The monoisotopic (exact) mass is 199 g/mol. The van der Waals surface area contributed by atoms with Gasteiger partial charge in [-0.2, -0.15) is 13.2 Å². The quantitative estimate of drug-likeness (QED) is 0.658. The molecule has 1 aliphatic rings. The van der Waals surface area contributed by atoms with Gasteiger partial charge >= 0.3 is 6.18 Å². The van der Waals surface area contributed by atoms with E-state index in [1.165, 1.54) is 12.0 Å². The van der Waals surface area contributed by atoms with Gasteiger partial charge in [-0.1, -0.05) is 0 Å². The van der Waals surface area contributed by atoms with E-state index in [2.05, 4.69) is 0 Å². The van der Waals surface area contributed by atoms with Gasteiger partial charge in [-0.15, -0.1) is 0 Å². The molecule has 0 spiro atoms.